The summed E-state index contributed by atoms with van der Waals surface area (Å²) in [6.07, 6.45) is 4.55. The Hall–Kier alpha value is -3.21. The molecule has 2 aliphatic heterocycles. The molecule has 3 atom stereocenters. The Morgan fingerprint density at radius 2 is 1.45 bits per heavy atom. The number of benzene rings is 3. The van der Waals surface area contributed by atoms with Gasteiger partial charge in [0.15, 0.2) is 12.4 Å². The van der Waals surface area contributed by atoms with Crippen molar-refractivity contribution in [2.75, 3.05) is 6.61 Å². The van der Waals surface area contributed by atoms with Gasteiger partial charge < -0.3 is 14.2 Å². The zero-order chi connectivity index (χ0) is 22.5. The normalized spacial score (nSPS) is 23.5. The van der Waals surface area contributed by atoms with E-state index in [1.807, 2.05) is 42.5 Å². The minimum Gasteiger partial charge on any atom is -0.453 e. The van der Waals surface area contributed by atoms with E-state index in [9.17, 15) is 4.79 Å². The summed E-state index contributed by atoms with van der Waals surface area (Å²) >= 11 is 0. The van der Waals surface area contributed by atoms with E-state index in [1.54, 1.807) is 6.08 Å². The van der Waals surface area contributed by atoms with Gasteiger partial charge in [-0.2, -0.15) is 0 Å². The van der Waals surface area contributed by atoms with Gasteiger partial charge in [0.2, 0.25) is 0 Å². The zero-order valence-corrected chi connectivity index (χ0v) is 18.5. The first kappa shape index (κ1) is 21.6. The molecular formula is C29H28O4. The smallest absolute Gasteiger partial charge is 0.331 e. The summed E-state index contributed by atoms with van der Waals surface area (Å²) in [7, 11) is 0. The Labute approximate surface area is 194 Å². The van der Waals surface area contributed by atoms with Crippen LogP contribution >= 0.6 is 0 Å². The van der Waals surface area contributed by atoms with Gasteiger partial charge in [0.25, 0.3) is 0 Å². The molecule has 4 heteroatoms. The summed E-state index contributed by atoms with van der Waals surface area (Å²) in [6.45, 7) is 0.532. The maximum absolute atomic E-state index is 12.9. The molecule has 3 aromatic carbocycles. The summed E-state index contributed by atoms with van der Waals surface area (Å²) in [5.74, 6) is -0.382. The second-order valence-electron chi connectivity index (χ2n) is 8.95. The van der Waals surface area contributed by atoms with E-state index in [4.69, 9.17) is 14.2 Å². The maximum atomic E-state index is 12.9. The largest absolute Gasteiger partial charge is 0.453 e. The molecule has 4 nitrogen and oxygen atoms in total. The number of esters is 1. The fraction of sp³-hybridized carbons (Fsp3) is 0.276. The fourth-order valence-corrected chi connectivity index (χ4v) is 5.08. The van der Waals surface area contributed by atoms with Crippen LogP contribution in [0.1, 0.15) is 23.1 Å². The number of ether oxygens (including phenoxy) is 3. The molecule has 2 aliphatic rings. The lowest BCUT2D eigenvalue weighted by Gasteiger charge is -2.45. The van der Waals surface area contributed by atoms with Crippen LogP contribution in [0.4, 0.5) is 0 Å². The highest BCUT2D eigenvalue weighted by molar-refractivity contribution is 5.87. The van der Waals surface area contributed by atoms with E-state index in [0.29, 0.717) is 6.61 Å². The van der Waals surface area contributed by atoms with Gasteiger partial charge in [-0.1, -0.05) is 91.0 Å². The zero-order valence-electron chi connectivity index (χ0n) is 18.5. The molecule has 2 fully saturated rings. The van der Waals surface area contributed by atoms with Crippen LogP contribution in [0.3, 0.4) is 0 Å². The van der Waals surface area contributed by atoms with Crippen LogP contribution in [-0.2, 0) is 31.8 Å². The average molecular weight is 441 g/mol. The highest BCUT2D eigenvalue weighted by atomic mass is 16.7. The quantitative estimate of drug-likeness (QED) is 0.373. The lowest BCUT2D eigenvalue weighted by Crippen LogP contribution is -2.53. The van der Waals surface area contributed by atoms with Crippen molar-refractivity contribution in [1.82, 2.24) is 0 Å². The standard InChI is InChI=1S/C29H28O4/c30-26(17-16-22-10-4-1-5-11-22)33-27-28-31-21-25(32-28)20-29(27,18-23-12-6-2-7-13-23)19-24-14-8-3-9-15-24/h1-17,25,27-28H,18-21H2/t25-,27+,28+/m0/s1. The Kier molecular flexibility index (Phi) is 6.38. The first-order chi connectivity index (χ1) is 16.2. The molecule has 0 aromatic heterocycles. The van der Waals surface area contributed by atoms with Gasteiger partial charge in [0, 0.05) is 11.5 Å². The SMILES string of the molecule is O=C(C=Cc1ccccc1)O[C@@H]1[C@@H]2OC[C@H](CC1(Cc1ccccc1)Cc1ccccc1)O2. The summed E-state index contributed by atoms with van der Waals surface area (Å²) in [4.78, 5) is 12.9. The third kappa shape index (κ3) is 5.08. The highest BCUT2D eigenvalue weighted by Crippen LogP contribution is 2.47. The van der Waals surface area contributed by atoms with E-state index >= 15 is 0 Å². The Morgan fingerprint density at radius 3 is 2.06 bits per heavy atom. The maximum Gasteiger partial charge on any atom is 0.331 e. The predicted octanol–water partition coefficient (Wildman–Crippen LogP) is 5.23. The number of carbonyl (C=O) groups is 1. The first-order valence-electron chi connectivity index (χ1n) is 11.5. The molecule has 33 heavy (non-hydrogen) atoms. The summed E-state index contributed by atoms with van der Waals surface area (Å²) < 4.78 is 18.2. The van der Waals surface area contributed by atoms with Gasteiger partial charge in [0.05, 0.1) is 12.7 Å². The Bertz CT molecular complexity index is 1040. The number of hydrogen-bond acceptors (Lipinski definition) is 4. The van der Waals surface area contributed by atoms with Crippen LogP contribution in [0.5, 0.6) is 0 Å². The molecule has 0 amide bonds. The second-order valence-corrected chi connectivity index (χ2v) is 8.95. The van der Waals surface area contributed by atoms with Crippen molar-refractivity contribution in [2.24, 2.45) is 5.41 Å². The van der Waals surface area contributed by atoms with Gasteiger partial charge >= 0.3 is 5.97 Å². The lowest BCUT2D eigenvalue weighted by molar-refractivity contribution is -0.221. The predicted molar refractivity (Wildman–Crippen MR) is 127 cm³/mol. The van der Waals surface area contributed by atoms with Crippen molar-refractivity contribution >= 4 is 12.0 Å². The van der Waals surface area contributed by atoms with Crippen LogP contribution in [0.25, 0.3) is 6.08 Å². The molecule has 0 radical (unpaired) electrons. The second kappa shape index (κ2) is 9.74. The van der Waals surface area contributed by atoms with Gasteiger partial charge in [-0.15, -0.1) is 0 Å². The average Bonchev–Trinajstić information content (AvgIpc) is 3.25. The lowest BCUT2D eigenvalue weighted by atomic mass is 9.67. The fourth-order valence-electron chi connectivity index (χ4n) is 5.08. The minimum atomic E-state index is -0.551. The summed E-state index contributed by atoms with van der Waals surface area (Å²) in [5, 5.41) is 0. The van der Waals surface area contributed by atoms with Crippen molar-refractivity contribution in [3.63, 3.8) is 0 Å². The van der Waals surface area contributed by atoms with Crippen molar-refractivity contribution in [3.8, 4) is 0 Å². The van der Waals surface area contributed by atoms with E-state index in [-0.39, 0.29) is 17.5 Å². The Balaban J connectivity index is 1.46. The molecule has 0 unspecified atom stereocenters. The van der Waals surface area contributed by atoms with Crippen LogP contribution in [0, 0.1) is 5.41 Å². The molecule has 3 aromatic rings. The third-order valence-corrected chi connectivity index (χ3v) is 6.51. The van der Waals surface area contributed by atoms with Gasteiger partial charge in [-0.3, -0.25) is 0 Å². The summed E-state index contributed by atoms with van der Waals surface area (Å²) in [6, 6.07) is 30.6. The number of hydrogen-bond donors (Lipinski definition) is 0. The van der Waals surface area contributed by atoms with Crippen LogP contribution in [0.15, 0.2) is 97.1 Å². The van der Waals surface area contributed by atoms with Crippen molar-refractivity contribution < 1.29 is 19.0 Å². The first-order valence-corrected chi connectivity index (χ1v) is 11.5. The van der Waals surface area contributed by atoms with Gasteiger partial charge in [-0.25, -0.2) is 4.79 Å². The molecular weight excluding hydrogens is 412 g/mol. The molecule has 0 aliphatic carbocycles. The van der Waals surface area contributed by atoms with Crippen molar-refractivity contribution in [3.05, 3.63) is 114 Å². The molecule has 2 bridgehead atoms. The molecule has 168 valence electrons. The van der Waals surface area contributed by atoms with Gasteiger partial charge in [0.1, 0.15) is 0 Å². The number of carbonyl (C=O) groups excluding carboxylic acids is 1. The van der Waals surface area contributed by atoms with E-state index in [2.05, 4.69) is 48.5 Å². The number of fused-ring (bicyclic) bond motifs is 2. The molecule has 0 saturated carbocycles. The molecule has 5 rings (SSSR count). The molecule has 0 spiro atoms. The molecule has 0 N–H and O–H groups in total. The van der Waals surface area contributed by atoms with Crippen molar-refractivity contribution in [1.29, 1.82) is 0 Å². The topological polar surface area (TPSA) is 44.8 Å². The van der Waals surface area contributed by atoms with Crippen LogP contribution < -0.4 is 0 Å². The Morgan fingerprint density at radius 1 is 0.879 bits per heavy atom. The van der Waals surface area contributed by atoms with Crippen LogP contribution in [-0.4, -0.2) is 31.1 Å². The summed E-state index contributed by atoms with van der Waals surface area (Å²) in [5.41, 5.74) is 3.06. The number of rotatable bonds is 7. The minimum absolute atomic E-state index is 0.0113. The highest BCUT2D eigenvalue weighted by Gasteiger charge is 2.55. The monoisotopic (exact) mass is 440 g/mol. The van der Waals surface area contributed by atoms with E-state index < -0.39 is 12.4 Å². The van der Waals surface area contributed by atoms with Crippen LogP contribution in [0.2, 0.25) is 0 Å². The van der Waals surface area contributed by atoms with Crippen molar-refractivity contribution in [2.45, 2.75) is 37.8 Å². The van der Waals surface area contributed by atoms with E-state index in [0.717, 1.165) is 24.8 Å². The third-order valence-electron chi connectivity index (χ3n) is 6.51. The molecule has 2 heterocycles. The van der Waals surface area contributed by atoms with E-state index in [1.165, 1.54) is 17.2 Å². The van der Waals surface area contributed by atoms with Gasteiger partial charge in [-0.05, 0) is 42.0 Å². The molecule has 2 saturated heterocycles.